The van der Waals surface area contributed by atoms with Gasteiger partial charge in [0, 0.05) is 28.2 Å². The van der Waals surface area contributed by atoms with E-state index in [-0.39, 0.29) is 55.4 Å². The molecule has 2 unspecified atom stereocenters. The highest BCUT2D eigenvalue weighted by Crippen LogP contribution is 2.59. The zero-order chi connectivity index (χ0) is 50.1. The van der Waals surface area contributed by atoms with Crippen molar-refractivity contribution < 1.29 is 4.42 Å². The summed E-state index contributed by atoms with van der Waals surface area (Å²) < 4.78 is 7.88. The average molecular weight is 933 g/mol. The molecule has 0 spiro atoms. The highest BCUT2D eigenvalue weighted by molar-refractivity contribution is 7.00. The first-order valence-corrected chi connectivity index (χ1v) is 27.9. The number of anilines is 6. The third-order valence-corrected chi connectivity index (χ3v) is 21.1. The van der Waals surface area contributed by atoms with Crippen LogP contribution in [0.4, 0.5) is 34.3 Å². The summed E-state index contributed by atoms with van der Waals surface area (Å²) in [4.78, 5) is 5.46. The van der Waals surface area contributed by atoms with Crippen LogP contribution in [0.5, 0.6) is 0 Å². The van der Waals surface area contributed by atoms with Crippen molar-refractivity contribution in [3.63, 3.8) is 0 Å². The fourth-order valence-corrected chi connectivity index (χ4v) is 15.7. The molecule has 1 saturated carbocycles. The Hall–Kier alpha value is -4.18. The van der Waals surface area contributed by atoms with E-state index in [2.05, 4.69) is 189 Å². The average Bonchev–Trinajstić information content (AvgIpc) is 3.58. The van der Waals surface area contributed by atoms with Crippen LogP contribution in [0, 0.1) is 6.92 Å². The van der Waals surface area contributed by atoms with Crippen molar-refractivity contribution in [1.82, 2.24) is 0 Å². The molecule has 6 aliphatic carbocycles. The molecule has 5 aromatic rings. The quantitative estimate of drug-likeness (QED) is 0.161. The molecule has 13 rings (SSSR count). The second-order valence-corrected chi connectivity index (χ2v) is 30.0. The summed E-state index contributed by atoms with van der Waals surface area (Å²) in [6, 6.07) is 23.7. The summed E-state index contributed by atoms with van der Waals surface area (Å²) in [5, 5.41) is 0. The Balaban J connectivity index is 1.25. The number of rotatable bonds is 2. The van der Waals surface area contributed by atoms with E-state index in [1.54, 1.807) is 11.1 Å². The van der Waals surface area contributed by atoms with Gasteiger partial charge in [-0.15, -0.1) is 0 Å². The monoisotopic (exact) mass is 933 g/mol. The van der Waals surface area contributed by atoms with Crippen molar-refractivity contribution >= 4 is 57.4 Å². The summed E-state index contributed by atoms with van der Waals surface area (Å²) in [5.41, 5.74) is 24.8. The lowest BCUT2D eigenvalue weighted by Crippen LogP contribution is -2.63. The number of nitrogens with zero attached hydrogens (tertiary/aromatic N) is 2. The predicted octanol–water partition coefficient (Wildman–Crippen LogP) is 16.5. The Bertz CT molecular complexity index is 3090. The van der Waals surface area contributed by atoms with Crippen LogP contribution >= 0.6 is 0 Å². The molecule has 3 heterocycles. The smallest absolute Gasteiger partial charge is 0.256 e. The first kappa shape index (κ1) is 46.9. The molecule has 0 radical (unpaired) electrons. The van der Waals surface area contributed by atoms with Crippen molar-refractivity contribution in [1.29, 1.82) is 0 Å². The third kappa shape index (κ3) is 6.37. The number of furan rings is 1. The summed E-state index contributed by atoms with van der Waals surface area (Å²) in [6.07, 6.45) is 13.4. The lowest BCUT2D eigenvalue weighted by Gasteiger charge is -2.48. The van der Waals surface area contributed by atoms with E-state index < -0.39 is 0 Å². The Morgan fingerprint density at radius 2 is 0.957 bits per heavy atom. The Labute approximate surface area is 424 Å². The molecule has 8 aliphatic rings. The van der Waals surface area contributed by atoms with Crippen LogP contribution in [0.1, 0.15) is 244 Å². The van der Waals surface area contributed by atoms with E-state index >= 15 is 0 Å². The first-order chi connectivity index (χ1) is 32.4. The van der Waals surface area contributed by atoms with Crippen LogP contribution in [-0.4, -0.2) is 6.71 Å². The van der Waals surface area contributed by atoms with Gasteiger partial charge in [0.25, 0.3) is 6.71 Å². The summed E-state index contributed by atoms with van der Waals surface area (Å²) in [6.45, 7) is 44.7. The van der Waals surface area contributed by atoms with Gasteiger partial charge in [-0.05, 0) is 217 Å². The molecule has 0 saturated heterocycles. The Morgan fingerprint density at radius 3 is 1.56 bits per heavy atom. The Morgan fingerprint density at radius 1 is 0.457 bits per heavy atom. The lowest BCUT2D eigenvalue weighted by atomic mass is 9.32. The lowest BCUT2D eigenvalue weighted by molar-refractivity contribution is 0.280. The van der Waals surface area contributed by atoms with Crippen molar-refractivity contribution in [2.45, 2.75) is 244 Å². The number of benzene rings is 4. The third-order valence-electron chi connectivity index (χ3n) is 21.1. The number of hydrogen-bond donors (Lipinski definition) is 0. The van der Waals surface area contributed by atoms with Crippen LogP contribution in [0.2, 0.25) is 0 Å². The second kappa shape index (κ2) is 14.1. The van der Waals surface area contributed by atoms with E-state index in [1.165, 1.54) is 147 Å². The summed E-state index contributed by atoms with van der Waals surface area (Å²) in [5.74, 6) is 2.27. The van der Waals surface area contributed by atoms with E-state index in [0.29, 0.717) is 0 Å². The summed E-state index contributed by atoms with van der Waals surface area (Å²) >= 11 is 0. The molecular formula is C66H85BN2O. The van der Waals surface area contributed by atoms with Crippen molar-refractivity contribution in [2.75, 3.05) is 9.80 Å². The maximum absolute atomic E-state index is 7.88. The topological polar surface area (TPSA) is 19.6 Å². The fraction of sp³-hybridized carbons (Fsp3) is 0.576. The molecule has 2 bridgehead atoms. The van der Waals surface area contributed by atoms with Gasteiger partial charge in [0.1, 0.15) is 5.76 Å². The Kier molecular flexibility index (Phi) is 9.44. The van der Waals surface area contributed by atoms with Gasteiger partial charge in [-0.3, -0.25) is 4.90 Å². The molecule has 368 valence electrons. The zero-order valence-corrected chi connectivity index (χ0v) is 46.9. The van der Waals surface area contributed by atoms with E-state index in [9.17, 15) is 0 Å². The van der Waals surface area contributed by atoms with Gasteiger partial charge < -0.3 is 9.32 Å². The van der Waals surface area contributed by atoms with Crippen molar-refractivity contribution in [2.24, 2.45) is 0 Å². The van der Waals surface area contributed by atoms with Crippen LogP contribution in [0.25, 0.3) is 0 Å². The molecule has 4 heteroatoms. The van der Waals surface area contributed by atoms with Crippen LogP contribution < -0.4 is 26.2 Å². The minimum atomic E-state index is -0.112. The van der Waals surface area contributed by atoms with Crippen LogP contribution in [0.15, 0.2) is 59.0 Å². The van der Waals surface area contributed by atoms with Gasteiger partial charge in [-0.2, -0.15) is 0 Å². The molecule has 4 aromatic carbocycles. The SMILES string of the molecule is Cc1cc2c(cc1N1c3cc(C(C)(C)C)cc4c3B(c3cc5c(cc3N4c3ccc4c(c3)C(C)(C)CCC4(C)C)C3(C)CCCC5(C)CC3)c3c1oc1c3C(C)(C)CCC1(C)C)C(C)(C)CCC2(C)C. The van der Waals surface area contributed by atoms with E-state index in [1.807, 2.05) is 0 Å². The van der Waals surface area contributed by atoms with E-state index in [4.69, 9.17) is 4.42 Å². The minimum absolute atomic E-state index is 0.0157. The maximum Gasteiger partial charge on any atom is 0.256 e. The molecule has 70 heavy (non-hydrogen) atoms. The normalized spacial score (nSPS) is 26.5. The molecule has 3 nitrogen and oxygen atoms in total. The highest BCUT2D eigenvalue weighted by atomic mass is 16.4. The molecule has 2 aliphatic heterocycles. The molecule has 0 N–H and O–H groups in total. The van der Waals surface area contributed by atoms with Crippen LogP contribution in [-0.2, 0) is 48.7 Å². The predicted molar refractivity (Wildman–Crippen MR) is 300 cm³/mol. The minimum Gasteiger partial charge on any atom is -0.444 e. The van der Waals surface area contributed by atoms with Gasteiger partial charge in [0.2, 0.25) is 0 Å². The molecule has 1 aromatic heterocycles. The number of fused-ring (bicyclic) bond motifs is 11. The van der Waals surface area contributed by atoms with Gasteiger partial charge in [0.15, 0.2) is 5.88 Å². The summed E-state index contributed by atoms with van der Waals surface area (Å²) in [7, 11) is 0. The molecule has 1 fully saturated rings. The second-order valence-electron chi connectivity index (χ2n) is 30.0. The van der Waals surface area contributed by atoms with Gasteiger partial charge in [-0.25, -0.2) is 0 Å². The number of hydrogen-bond acceptors (Lipinski definition) is 3. The van der Waals surface area contributed by atoms with E-state index in [0.717, 1.165) is 18.7 Å². The van der Waals surface area contributed by atoms with Crippen molar-refractivity contribution in [3.05, 3.63) is 110 Å². The first-order valence-electron chi connectivity index (χ1n) is 27.9. The van der Waals surface area contributed by atoms with Crippen LogP contribution in [0.3, 0.4) is 0 Å². The van der Waals surface area contributed by atoms with Crippen molar-refractivity contribution in [3.8, 4) is 0 Å². The fourth-order valence-electron chi connectivity index (χ4n) is 15.7. The molecule has 0 amide bonds. The highest BCUT2D eigenvalue weighted by Gasteiger charge is 2.55. The van der Waals surface area contributed by atoms with Gasteiger partial charge in [0.05, 0.1) is 5.69 Å². The van der Waals surface area contributed by atoms with Gasteiger partial charge >= 0.3 is 0 Å². The standard InChI is InChI=1S/C66H85BN2O/c1-39-32-43-45(62(11,12)27-26-60(43,7)8)37-49(39)69-52-34-40(58(2,3)4)33-51-54(52)67(55-53-56(70-57(55)69)64(15,16)29-28-63(53,13)14)48-36-46-47(66(18)23-19-22-65(46,17)30-31-66)38-50(48)68(51)41-20-21-42-44(35-41)61(9,10)25-24-59(42,5)6/h20-21,32-38H,19,22-31H2,1-18H3. The zero-order valence-electron chi connectivity index (χ0n) is 46.9. The van der Waals surface area contributed by atoms with Gasteiger partial charge in [-0.1, -0.05) is 142 Å². The largest absolute Gasteiger partial charge is 0.444 e. The molecule has 2 atom stereocenters. The maximum atomic E-state index is 7.88. The molecular weight excluding hydrogens is 848 g/mol. The number of aryl methyl sites for hydroxylation is 1.